The predicted octanol–water partition coefficient (Wildman–Crippen LogP) is 8.07. The molecule has 4 heteroatoms. The van der Waals surface area contributed by atoms with Gasteiger partial charge in [-0.25, -0.2) is 14.4 Å². The van der Waals surface area contributed by atoms with Gasteiger partial charge in [0.1, 0.15) is 11.9 Å². The van der Waals surface area contributed by atoms with E-state index in [-0.39, 0.29) is 5.56 Å². The lowest BCUT2D eigenvalue weighted by atomic mass is 9.77. The predicted molar refractivity (Wildman–Crippen MR) is 131 cm³/mol. The minimum Gasteiger partial charge on any atom is -0.236 e. The molecule has 33 heavy (non-hydrogen) atoms. The van der Waals surface area contributed by atoms with Crippen molar-refractivity contribution in [3.8, 4) is 28.6 Å². The standard InChI is InChI=1S/C29H32FN3/c1-2-3-4-5-6-21-7-9-22(10-8-21)23-11-13-24(14-12-23)27-19-32-29(33-20-27)25-15-16-26(18-31)28(30)17-25/h11-17,19-22H,2-10H2,1H3. The number of halogens is 1. The summed E-state index contributed by atoms with van der Waals surface area (Å²) in [6.45, 7) is 2.28. The molecule has 0 atom stereocenters. The van der Waals surface area contributed by atoms with Crippen LogP contribution in [0.4, 0.5) is 4.39 Å². The molecule has 0 amide bonds. The van der Waals surface area contributed by atoms with Gasteiger partial charge in [0.05, 0.1) is 5.56 Å². The SMILES string of the molecule is CCCCCCC1CCC(c2ccc(-c3cnc(-c4ccc(C#N)c(F)c4)nc3)cc2)CC1. The van der Waals surface area contributed by atoms with E-state index in [1.54, 1.807) is 18.5 Å². The van der Waals surface area contributed by atoms with Gasteiger partial charge in [-0.1, -0.05) is 63.3 Å². The lowest BCUT2D eigenvalue weighted by molar-refractivity contribution is 0.302. The average molecular weight is 442 g/mol. The van der Waals surface area contributed by atoms with E-state index >= 15 is 0 Å². The lowest BCUT2D eigenvalue weighted by Crippen LogP contribution is -2.13. The fraction of sp³-hybridized carbons (Fsp3) is 0.414. The van der Waals surface area contributed by atoms with Crippen LogP contribution in [0.3, 0.4) is 0 Å². The van der Waals surface area contributed by atoms with Crippen LogP contribution < -0.4 is 0 Å². The monoisotopic (exact) mass is 441 g/mol. The van der Waals surface area contributed by atoms with Gasteiger partial charge in [0, 0.05) is 23.5 Å². The van der Waals surface area contributed by atoms with Crippen molar-refractivity contribution in [1.82, 2.24) is 9.97 Å². The van der Waals surface area contributed by atoms with Crippen molar-refractivity contribution in [3.05, 3.63) is 71.8 Å². The highest BCUT2D eigenvalue weighted by atomic mass is 19.1. The van der Waals surface area contributed by atoms with E-state index in [2.05, 4.69) is 41.2 Å². The number of hydrogen-bond acceptors (Lipinski definition) is 3. The third kappa shape index (κ3) is 5.85. The van der Waals surface area contributed by atoms with Gasteiger partial charge in [-0.2, -0.15) is 5.26 Å². The van der Waals surface area contributed by atoms with Crippen LogP contribution in [0.25, 0.3) is 22.5 Å². The van der Waals surface area contributed by atoms with E-state index in [1.807, 2.05) is 6.07 Å². The molecule has 1 saturated carbocycles. The van der Waals surface area contributed by atoms with Crippen molar-refractivity contribution in [2.75, 3.05) is 0 Å². The van der Waals surface area contributed by atoms with E-state index in [0.29, 0.717) is 17.3 Å². The average Bonchev–Trinajstić information content (AvgIpc) is 2.87. The van der Waals surface area contributed by atoms with Crippen molar-refractivity contribution in [3.63, 3.8) is 0 Å². The van der Waals surface area contributed by atoms with Gasteiger partial charge in [0.25, 0.3) is 0 Å². The molecule has 1 fully saturated rings. The quantitative estimate of drug-likeness (QED) is 0.332. The van der Waals surface area contributed by atoms with Crippen LogP contribution in [-0.2, 0) is 0 Å². The van der Waals surface area contributed by atoms with Gasteiger partial charge in [0.2, 0.25) is 0 Å². The topological polar surface area (TPSA) is 49.6 Å². The molecular weight excluding hydrogens is 409 g/mol. The number of rotatable bonds is 8. The maximum atomic E-state index is 13.9. The van der Waals surface area contributed by atoms with Crippen molar-refractivity contribution >= 4 is 0 Å². The first-order valence-electron chi connectivity index (χ1n) is 12.3. The highest BCUT2D eigenvalue weighted by Gasteiger charge is 2.22. The molecule has 1 heterocycles. The van der Waals surface area contributed by atoms with Crippen LogP contribution in [0.5, 0.6) is 0 Å². The largest absolute Gasteiger partial charge is 0.236 e. The van der Waals surface area contributed by atoms with Crippen LogP contribution in [0.1, 0.15) is 81.8 Å². The molecule has 1 aliphatic carbocycles. The van der Waals surface area contributed by atoms with Crippen molar-refractivity contribution in [2.24, 2.45) is 5.92 Å². The van der Waals surface area contributed by atoms with E-state index in [0.717, 1.165) is 17.0 Å². The number of nitriles is 1. The first-order chi connectivity index (χ1) is 16.2. The first-order valence-corrected chi connectivity index (χ1v) is 12.3. The van der Waals surface area contributed by atoms with Crippen molar-refractivity contribution in [1.29, 1.82) is 5.26 Å². The van der Waals surface area contributed by atoms with Crippen molar-refractivity contribution < 1.29 is 4.39 Å². The van der Waals surface area contributed by atoms with Crippen LogP contribution in [-0.4, -0.2) is 9.97 Å². The molecule has 0 unspecified atom stereocenters. The summed E-state index contributed by atoms with van der Waals surface area (Å²) in [6, 6.07) is 15.1. The third-order valence-electron chi connectivity index (χ3n) is 7.03. The van der Waals surface area contributed by atoms with E-state index in [1.165, 1.54) is 75.5 Å². The van der Waals surface area contributed by atoms with Gasteiger partial charge >= 0.3 is 0 Å². The summed E-state index contributed by atoms with van der Waals surface area (Å²) in [5, 5.41) is 8.88. The Balaban J connectivity index is 1.35. The molecule has 2 aromatic carbocycles. The summed E-state index contributed by atoms with van der Waals surface area (Å²) < 4.78 is 13.9. The molecule has 0 spiro atoms. The van der Waals surface area contributed by atoms with Gasteiger partial charge in [-0.3, -0.25) is 0 Å². The third-order valence-corrected chi connectivity index (χ3v) is 7.03. The van der Waals surface area contributed by atoms with Crippen LogP contribution >= 0.6 is 0 Å². The fourth-order valence-electron chi connectivity index (χ4n) is 4.96. The molecule has 3 nitrogen and oxygen atoms in total. The summed E-state index contributed by atoms with van der Waals surface area (Å²) in [5.74, 6) is 1.50. The highest BCUT2D eigenvalue weighted by molar-refractivity contribution is 5.64. The van der Waals surface area contributed by atoms with Gasteiger partial charge in [-0.05, 0) is 66.8 Å². The van der Waals surface area contributed by atoms with Crippen LogP contribution in [0.2, 0.25) is 0 Å². The fourth-order valence-corrected chi connectivity index (χ4v) is 4.96. The van der Waals surface area contributed by atoms with E-state index < -0.39 is 5.82 Å². The Hall–Kier alpha value is -3.06. The normalized spacial score (nSPS) is 18.1. The highest BCUT2D eigenvalue weighted by Crippen LogP contribution is 2.38. The second-order valence-electron chi connectivity index (χ2n) is 9.29. The number of nitrogens with zero attached hydrogens (tertiary/aromatic N) is 3. The number of benzene rings is 2. The Labute approximate surface area is 196 Å². The second-order valence-corrected chi connectivity index (χ2v) is 9.29. The summed E-state index contributed by atoms with van der Waals surface area (Å²) >= 11 is 0. The van der Waals surface area contributed by atoms with Crippen molar-refractivity contribution in [2.45, 2.75) is 70.6 Å². The summed E-state index contributed by atoms with van der Waals surface area (Å²) in [6.07, 6.45) is 15.8. The Kier molecular flexibility index (Phi) is 7.83. The van der Waals surface area contributed by atoms with Gasteiger partial charge in [0.15, 0.2) is 5.82 Å². The number of unbranched alkanes of at least 4 members (excludes halogenated alkanes) is 3. The Bertz CT molecular complexity index is 1080. The number of hydrogen-bond donors (Lipinski definition) is 0. The summed E-state index contributed by atoms with van der Waals surface area (Å²) in [7, 11) is 0. The number of aromatic nitrogens is 2. The lowest BCUT2D eigenvalue weighted by Gasteiger charge is -2.29. The molecule has 0 bridgehead atoms. The van der Waals surface area contributed by atoms with E-state index in [4.69, 9.17) is 5.26 Å². The Morgan fingerprint density at radius 2 is 1.58 bits per heavy atom. The molecule has 3 aromatic rings. The molecule has 1 aliphatic rings. The smallest absolute Gasteiger partial charge is 0.159 e. The molecule has 0 N–H and O–H groups in total. The maximum absolute atomic E-state index is 13.9. The first kappa shape index (κ1) is 23.1. The summed E-state index contributed by atoms with van der Waals surface area (Å²) in [5.41, 5.74) is 4.05. The maximum Gasteiger partial charge on any atom is 0.159 e. The minimum atomic E-state index is -0.552. The second kappa shape index (κ2) is 11.2. The minimum absolute atomic E-state index is 0.0240. The molecule has 0 aliphatic heterocycles. The molecular formula is C29H32FN3. The molecule has 1 aromatic heterocycles. The Morgan fingerprint density at radius 1 is 0.879 bits per heavy atom. The Morgan fingerprint density at radius 3 is 2.21 bits per heavy atom. The molecule has 0 saturated heterocycles. The van der Waals surface area contributed by atoms with E-state index in [9.17, 15) is 4.39 Å². The zero-order valence-corrected chi connectivity index (χ0v) is 19.4. The van der Waals surface area contributed by atoms with Crippen LogP contribution in [0, 0.1) is 23.1 Å². The molecule has 4 rings (SSSR count). The van der Waals surface area contributed by atoms with Gasteiger partial charge < -0.3 is 0 Å². The van der Waals surface area contributed by atoms with Gasteiger partial charge in [-0.15, -0.1) is 0 Å². The van der Waals surface area contributed by atoms with Crippen LogP contribution in [0.15, 0.2) is 54.9 Å². The molecule has 170 valence electrons. The zero-order chi connectivity index (χ0) is 23.0. The zero-order valence-electron chi connectivity index (χ0n) is 19.4. The molecule has 0 radical (unpaired) electrons. The summed E-state index contributed by atoms with van der Waals surface area (Å²) in [4.78, 5) is 8.84.